The standard InChI is InChI=1S/C13H22N4/c14-9-13-16-15-12(17(13)11-6-7-11)8-5-10-3-1-2-4-10/h10-11H,1-9,14H2. The van der Waals surface area contributed by atoms with Crippen LogP contribution in [0.5, 0.6) is 0 Å². The topological polar surface area (TPSA) is 56.7 Å². The lowest BCUT2D eigenvalue weighted by molar-refractivity contribution is 0.487. The fraction of sp³-hybridized carbons (Fsp3) is 0.846. The lowest BCUT2D eigenvalue weighted by Crippen LogP contribution is -2.10. The number of nitrogens with zero attached hydrogens (tertiary/aromatic N) is 3. The summed E-state index contributed by atoms with van der Waals surface area (Å²) < 4.78 is 2.31. The molecular weight excluding hydrogens is 212 g/mol. The van der Waals surface area contributed by atoms with Gasteiger partial charge < -0.3 is 10.3 Å². The molecule has 2 aliphatic rings. The van der Waals surface area contributed by atoms with Gasteiger partial charge in [-0.05, 0) is 25.2 Å². The maximum absolute atomic E-state index is 5.72. The van der Waals surface area contributed by atoms with Crippen molar-refractivity contribution in [2.75, 3.05) is 0 Å². The van der Waals surface area contributed by atoms with E-state index >= 15 is 0 Å². The summed E-state index contributed by atoms with van der Waals surface area (Å²) in [6.45, 7) is 0.521. The van der Waals surface area contributed by atoms with Crippen LogP contribution in [0.3, 0.4) is 0 Å². The fourth-order valence-electron chi connectivity index (χ4n) is 3.06. The maximum Gasteiger partial charge on any atom is 0.147 e. The molecule has 17 heavy (non-hydrogen) atoms. The highest BCUT2D eigenvalue weighted by Gasteiger charge is 2.29. The molecule has 0 bridgehead atoms. The first-order valence-electron chi connectivity index (χ1n) is 7.01. The van der Waals surface area contributed by atoms with Gasteiger partial charge in [0.05, 0.1) is 6.54 Å². The smallest absolute Gasteiger partial charge is 0.147 e. The van der Waals surface area contributed by atoms with Crippen molar-refractivity contribution in [1.29, 1.82) is 0 Å². The number of nitrogens with two attached hydrogens (primary N) is 1. The second kappa shape index (κ2) is 4.77. The number of aromatic nitrogens is 3. The third kappa shape index (κ3) is 2.37. The van der Waals surface area contributed by atoms with Crippen molar-refractivity contribution in [3.05, 3.63) is 11.6 Å². The summed E-state index contributed by atoms with van der Waals surface area (Å²) in [5.41, 5.74) is 5.72. The van der Waals surface area contributed by atoms with E-state index in [9.17, 15) is 0 Å². The Balaban J connectivity index is 1.66. The number of hydrogen-bond donors (Lipinski definition) is 1. The molecule has 0 aromatic carbocycles. The van der Waals surface area contributed by atoms with E-state index in [1.807, 2.05) is 0 Å². The van der Waals surface area contributed by atoms with Gasteiger partial charge in [0.1, 0.15) is 11.6 Å². The van der Waals surface area contributed by atoms with E-state index in [0.717, 1.165) is 18.2 Å². The summed E-state index contributed by atoms with van der Waals surface area (Å²) in [7, 11) is 0. The average Bonchev–Trinajstić information content (AvgIpc) is 2.92. The molecule has 0 unspecified atom stereocenters. The van der Waals surface area contributed by atoms with E-state index in [0.29, 0.717) is 12.6 Å². The monoisotopic (exact) mass is 234 g/mol. The summed E-state index contributed by atoms with van der Waals surface area (Å²) in [5.74, 6) is 3.09. The lowest BCUT2D eigenvalue weighted by Gasteiger charge is -2.10. The van der Waals surface area contributed by atoms with E-state index in [4.69, 9.17) is 5.73 Å². The van der Waals surface area contributed by atoms with Crippen molar-refractivity contribution < 1.29 is 0 Å². The third-order valence-electron chi connectivity index (χ3n) is 4.18. The molecule has 4 nitrogen and oxygen atoms in total. The summed E-state index contributed by atoms with van der Waals surface area (Å²) in [6, 6.07) is 0.655. The molecule has 0 atom stereocenters. The van der Waals surface area contributed by atoms with Crippen molar-refractivity contribution in [3.8, 4) is 0 Å². The highest BCUT2D eigenvalue weighted by Crippen LogP contribution is 2.37. The van der Waals surface area contributed by atoms with Crippen molar-refractivity contribution in [3.63, 3.8) is 0 Å². The molecule has 1 heterocycles. The molecule has 0 aliphatic heterocycles. The molecule has 0 spiro atoms. The van der Waals surface area contributed by atoms with Gasteiger partial charge in [0, 0.05) is 12.5 Å². The average molecular weight is 234 g/mol. The minimum atomic E-state index is 0.521. The highest BCUT2D eigenvalue weighted by molar-refractivity contribution is 5.03. The number of aryl methyl sites for hydroxylation is 1. The van der Waals surface area contributed by atoms with Gasteiger partial charge in [-0.2, -0.15) is 0 Å². The zero-order valence-electron chi connectivity index (χ0n) is 10.4. The molecule has 3 rings (SSSR count). The zero-order valence-corrected chi connectivity index (χ0v) is 10.4. The molecule has 2 N–H and O–H groups in total. The molecule has 1 aromatic rings. The van der Waals surface area contributed by atoms with Crippen LogP contribution in [0.2, 0.25) is 0 Å². The third-order valence-corrected chi connectivity index (χ3v) is 4.18. The van der Waals surface area contributed by atoms with Gasteiger partial charge in [-0.1, -0.05) is 25.7 Å². The van der Waals surface area contributed by atoms with Crippen LogP contribution in [0, 0.1) is 5.92 Å². The molecule has 4 heteroatoms. The van der Waals surface area contributed by atoms with Crippen molar-refractivity contribution in [2.24, 2.45) is 11.7 Å². The summed E-state index contributed by atoms with van der Waals surface area (Å²) >= 11 is 0. The Hall–Kier alpha value is -0.900. The molecule has 2 saturated carbocycles. The first-order valence-corrected chi connectivity index (χ1v) is 7.01. The van der Waals surface area contributed by atoms with Crippen molar-refractivity contribution in [1.82, 2.24) is 14.8 Å². The molecule has 1 aromatic heterocycles. The van der Waals surface area contributed by atoms with Gasteiger partial charge in [-0.15, -0.1) is 10.2 Å². The normalized spacial score (nSPS) is 21.2. The van der Waals surface area contributed by atoms with Gasteiger partial charge in [-0.3, -0.25) is 0 Å². The van der Waals surface area contributed by atoms with Gasteiger partial charge in [0.25, 0.3) is 0 Å². The van der Waals surface area contributed by atoms with E-state index in [1.165, 1.54) is 50.8 Å². The van der Waals surface area contributed by atoms with E-state index in [-0.39, 0.29) is 0 Å². The Labute approximate surface area is 103 Å². The van der Waals surface area contributed by atoms with Crippen LogP contribution in [0.15, 0.2) is 0 Å². The van der Waals surface area contributed by atoms with Gasteiger partial charge >= 0.3 is 0 Å². The van der Waals surface area contributed by atoms with Crippen LogP contribution in [-0.2, 0) is 13.0 Å². The van der Waals surface area contributed by atoms with Crippen LogP contribution < -0.4 is 5.73 Å². The molecule has 2 aliphatic carbocycles. The molecule has 0 amide bonds. The van der Waals surface area contributed by atoms with Gasteiger partial charge in [0.15, 0.2) is 0 Å². The highest BCUT2D eigenvalue weighted by atomic mass is 15.3. The molecule has 0 saturated heterocycles. The predicted molar refractivity (Wildman–Crippen MR) is 66.5 cm³/mol. The minimum absolute atomic E-state index is 0.521. The second-order valence-corrected chi connectivity index (χ2v) is 5.53. The SMILES string of the molecule is NCc1nnc(CCC2CCCC2)n1C1CC1. The quantitative estimate of drug-likeness (QED) is 0.849. The zero-order chi connectivity index (χ0) is 11.7. The summed E-state index contributed by atoms with van der Waals surface area (Å²) in [6.07, 6.45) is 10.6. The Morgan fingerprint density at radius 1 is 1.06 bits per heavy atom. The number of hydrogen-bond acceptors (Lipinski definition) is 3. The Morgan fingerprint density at radius 2 is 1.76 bits per heavy atom. The first kappa shape index (κ1) is 11.2. The van der Waals surface area contributed by atoms with Crippen LogP contribution in [0.25, 0.3) is 0 Å². The number of rotatable bonds is 5. The van der Waals surface area contributed by atoms with Crippen molar-refractivity contribution in [2.45, 2.75) is 64.0 Å². The van der Waals surface area contributed by atoms with Crippen LogP contribution in [0.4, 0.5) is 0 Å². The van der Waals surface area contributed by atoms with Crippen molar-refractivity contribution >= 4 is 0 Å². The maximum atomic E-state index is 5.72. The lowest BCUT2D eigenvalue weighted by atomic mass is 10.0. The first-order chi connectivity index (χ1) is 8.38. The Kier molecular flexibility index (Phi) is 3.14. The van der Waals surface area contributed by atoms with E-state index < -0.39 is 0 Å². The van der Waals surface area contributed by atoms with Crippen LogP contribution in [-0.4, -0.2) is 14.8 Å². The van der Waals surface area contributed by atoms with E-state index in [2.05, 4.69) is 14.8 Å². The molecular formula is C13H22N4. The van der Waals surface area contributed by atoms with Gasteiger partial charge in [-0.25, -0.2) is 0 Å². The minimum Gasteiger partial charge on any atom is -0.324 e. The fourth-order valence-corrected chi connectivity index (χ4v) is 3.06. The molecule has 0 radical (unpaired) electrons. The molecule has 94 valence electrons. The predicted octanol–water partition coefficient (Wildman–Crippen LogP) is 2.19. The van der Waals surface area contributed by atoms with Crippen LogP contribution in [0.1, 0.15) is 62.6 Å². The summed E-state index contributed by atoms with van der Waals surface area (Å²) in [4.78, 5) is 0. The Morgan fingerprint density at radius 3 is 2.41 bits per heavy atom. The van der Waals surface area contributed by atoms with Crippen LogP contribution >= 0.6 is 0 Å². The largest absolute Gasteiger partial charge is 0.324 e. The van der Waals surface area contributed by atoms with E-state index in [1.54, 1.807) is 0 Å². The van der Waals surface area contributed by atoms with Gasteiger partial charge in [0.2, 0.25) is 0 Å². The molecule has 2 fully saturated rings. The Bertz CT molecular complexity index is 375. The summed E-state index contributed by atoms with van der Waals surface area (Å²) in [5, 5.41) is 8.57. The second-order valence-electron chi connectivity index (χ2n) is 5.53.